The van der Waals surface area contributed by atoms with Gasteiger partial charge in [0.2, 0.25) is 5.16 Å². The molecular weight excluding hydrogens is 182 g/mol. The maximum atomic E-state index is 4.34. The van der Waals surface area contributed by atoms with E-state index in [1.54, 1.807) is 11.8 Å². The summed E-state index contributed by atoms with van der Waals surface area (Å²) in [5.41, 5.74) is 0. The molecule has 0 fully saturated rings. The molecule has 0 bridgehead atoms. The van der Waals surface area contributed by atoms with E-state index in [1.807, 2.05) is 6.08 Å². The van der Waals surface area contributed by atoms with E-state index in [-0.39, 0.29) is 0 Å². The highest BCUT2D eigenvalue weighted by molar-refractivity contribution is 7.99. The molecule has 0 aliphatic rings. The maximum Gasteiger partial charge on any atom is 0.208 e. The van der Waals surface area contributed by atoms with Crippen LogP contribution in [-0.2, 0) is 0 Å². The van der Waals surface area contributed by atoms with Crippen LogP contribution in [-0.4, -0.2) is 20.9 Å². The molecule has 0 unspecified atom stereocenters. The Labute approximate surface area is 83.0 Å². The third kappa shape index (κ3) is 3.22. The summed E-state index contributed by atoms with van der Waals surface area (Å²) in [5, 5.41) is 7.86. The van der Waals surface area contributed by atoms with Crippen LogP contribution in [0.3, 0.4) is 0 Å². The van der Waals surface area contributed by atoms with Crippen LogP contribution >= 0.6 is 11.8 Å². The summed E-state index contributed by atoms with van der Waals surface area (Å²) in [4.78, 5) is 4.34. The molecule has 0 amide bonds. The summed E-state index contributed by atoms with van der Waals surface area (Å²) in [6, 6.07) is 0. The van der Waals surface area contributed by atoms with Gasteiger partial charge in [-0.25, -0.2) is 4.98 Å². The van der Waals surface area contributed by atoms with Gasteiger partial charge in [-0.2, -0.15) is 0 Å². The van der Waals surface area contributed by atoms with Crippen molar-refractivity contribution in [2.45, 2.75) is 31.3 Å². The Morgan fingerprint density at radius 1 is 1.62 bits per heavy atom. The van der Waals surface area contributed by atoms with E-state index in [2.05, 4.69) is 35.6 Å². The van der Waals surface area contributed by atoms with E-state index in [0.717, 1.165) is 23.2 Å². The summed E-state index contributed by atoms with van der Waals surface area (Å²) in [6.45, 7) is 7.86. The van der Waals surface area contributed by atoms with Crippen molar-refractivity contribution in [3.63, 3.8) is 0 Å². The quantitative estimate of drug-likeness (QED) is 0.448. The summed E-state index contributed by atoms with van der Waals surface area (Å²) in [7, 11) is 0. The Morgan fingerprint density at radius 2 is 2.38 bits per heavy atom. The molecule has 1 heterocycles. The van der Waals surface area contributed by atoms with Gasteiger partial charge < -0.3 is 0 Å². The third-order valence-electron chi connectivity index (χ3n) is 1.58. The van der Waals surface area contributed by atoms with Crippen molar-refractivity contribution in [3.8, 4) is 0 Å². The molecule has 0 atom stereocenters. The standard InChI is InChI=1S/C9H15N3S/c1-4-5-6-13-9-10-8(7(2)3)11-12-9/h4,7H,1,5-6H2,2-3H3,(H,10,11,12). The van der Waals surface area contributed by atoms with E-state index in [4.69, 9.17) is 0 Å². The number of allylic oxidation sites excluding steroid dienone is 1. The number of aromatic nitrogens is 3. The topological polar surface area (TPSA) is 41.6 Å². The largest absolute Gasteiger partial charge is 0.262 e. The average Bonchev–Trinajstić information content (AvgIpc) is 2.53. The molecule has 0 aromatic carbocycles. The Balaban J connectivity index is 2.44. The molecule has 1 aromatic rings. The molecule has 13 heavy (non-hydrogen) atoms. The molecule has 1 N–H and O–H groups in total. The van der Waals surface area contributed by atoms with Gasteiger partial charge in [-0.15, -0.1) is 11.7 Å². The molecule has 1 rings (SSSR count). The van der Waals surface area contributed by atoms with Gasteiger partial charge in [-0.3, -0.25) is 5.10 Å². The Hall–Kier alpha value is -0.770. The number of hydrogen-bond acceptors (Lipinski definition) is 3. The first-order chi connectivity index (χ1) is 6.24. The molecule has 1 aromatic heterocycles. The van der Waals surface area contributed by atoms with Crippen LogP contribution < -0.4 is 0 Å². The normalized spacial score (nSPS) is 10.7. The van der Waals surface area contributed by atoms with Gasteiger partial charge >= 0.3 is 0 Å². The second-order valence-electron chi connectivity index (χ2n) is 3.08. The lowest BCUT2D eigenvalue weighted by atomic mass is 10.2. The van der Waals surface area contributed by atoms with E-state index in [1.165, 1.54) is 0 Å². The van der Waals surface area contributed by atoms with Crippen LogP contribution in [0.1, 0.15) is 32.0 Å². The first-order valence-corrected chi connectivity index (χ1v) is 5.38. The average molecular weight is 197 g/mol. The van der Waals surface area contributed by atoms with Crippen molar-refractivity contribution in [1.82, 2.24) is 15.2 Å². The van der Waals surface area contributed by atoms with Crippen LogP contribution in [0.25, 0.3) is 0 Å². The van der Waals surface area contributed by atoms with Gasteiger partial charge in [0.25, 0.3) is 0 Å². The Kier molecular flexibility index (Phi) is 4.02. The first-order valence-electron chi connectivity index (χ1n) is 4.40. The zero-order valence-electron chi connectivity index (χ0n) is 8.08. The Bertz CT molecular complexity index is 268. The van der Waals surface area contributed by atoms with E-state index < -0.39 is 0 Å². The van der Waals surface area contributed by atoms with Gasteiger partial charge in [0.05, 0.1) is 0 Å². The van der Waals surface area contributed by atoms with E-state index in [9.17, 15) is 0 Å². The van der Waals surface area contributed by atoms with Gasteiger partial charge in [0.1, 0.15) is 5.82 Å². The highest BCUT2D eigenvalue weighted by Crippen LogP contribution is 2.16. The van der Waals surface area contributed by atoms with Gasteiger partial charge in [-0.05, 0) is 6.42 Å². The number of hydrogen-bond donors (Lipinski definition) is 1. The van der Waals surface area contributed by atoms with Crippen molar-refractivity contribution in [3.05, 3.63) is 18.5 Å². The maximum absolute atomic E-state index is 4.34. The molecule has 3 nitrogen and oxygen atoms in total. The van der Waals surface area contributed by atoms with Crippen LogP contribution in [0.5, 0.6) is 0 Å². The minimum absolute atomic E-state index is 0.418. The number of nitrogens with zero attached hydrogens (tertiary/aromatic N) is 2. The van der Waals surface area contributed by atoms with Crippen LogP contribution in [0.15, 0.2) is 17.8 Å². The third-order valence-corrected chi connectivity index (χ3v) is 2.46. The van der Waals surface area contributed by atoms with Crippen molar-refractivity contribution >= 4 is 11.8 Å². The van der Waals surface area contributed by atoms with Crippen molar-refractivity contribution in [2.75, 3.05) is 5.75 Å². The minimum atomic E-state index is 0.418. The summed E-state index contributed by atoms with van der Waals surface area (Å²) in [5.74, 6) is 2.38. The molecule has 72 valence electrons. The van der Waals surface area contributed by atoms with Crippen LogP contribution in [0, 0.1) is 0 Å². The highest BCUT2D eigenvalue weighted by Gasteiger charge is 2.05. The summed E-state index contributed by atoms with van der Waals surface area (Å²) >= 11 is 1.66. The van der Waals surface area contributed by atoms with Gasteiger partial charge in [0.15, 0.2) is 0 Å². The smallest absolute Gasteiger partial charge is 0.208 e. The number of nitrogens with one attached hydrogen (secondary N) is 1. The predicted octanol–water partition coefficient (Wildman–Crippen LogP) is 2.60. The van der Waals surface area contributed by atoms with Crippen LogP contribution in [0.2, 0.25) is 0 Å². The van der Waals surface area contributed by atoms with Crippen LogP contribution in [0.4, 0.5) is 0 Å². The predicted molar refractivity (Wildman–Crippen MR) is 56.0 cm³/mol. The molecular formula is C9H15N3S. The lowest BCUT2D eigenvalue weighted by Gasteiger charge is -1.95. The molecule has 4 heteroatoms. The number of aromatic amines is 1. The minimum Gasteiger partial charge on any atom is -0.262 e. The lowest BCUT2D eigenvalue weighted by Crippen LogP contribution is -1.89. The molecule has 0 radical (unpaired) electrons. The SMILES string of the molecule is C=CCCSc1n[nH]c(C(C)C)n1. The fraction of sp³-hybridized carbons (Fsp3) is 0.556. The van der Waals surface area contributed by atoms with Gasteiger partial charge in [-0.1, -0.05) is 31.7 Å². The summed E-state index contributed by atoms with van der Waals surface area (Å²) < 4.78 is 0. The molecule has 0 saturated heterocycles. The molecule has 0 aliphatic carbocycles. The lowest BCUT2D eigenvalue weighted by molar-refractivity contribution is 0.780. The first kappa shape index (κ1) is 10.3. The number of rotatable bonds is 5. The monoisotopic (exact) mass is 197 g/mol. The summed E-state index contributed by atoms with van der Waals surface area (Å²) in [6.07, 6.45) is 2.90. The zero-order chi connectivity index (χ0) is 9.68. The molecule has 0 aliphatic heterocycles. The number of H-pyrrole nitrogens is 1. The molecule has 0 spiro atoms. The zero-order valence-corrected chi connectivity index (χ0v) is 8.90. The second kappa shape index (κ2) is 5.07. The van der Waals surface area contributed by atoms with E-state index in [0.29, 0.717) is 5.92 Å². The van der Waals surface area contributed by atoms with Gasteiger partial charge in [0, 0.05) is 11.7 Å². The van der Waals surface area contributed by atoms with Crippen molar-refractivity contribution in [2.24, 2.45) is 0 Å². The van der Waals surface area contributed by atoms with Crippen molar-refractivity contribution in [1.29, 1.82) is 0 Å². The highest BCUT2D eigenvalue weighted by atomic mass is 32.2. The Morgan fingerprint density at radius 3 is 2.92 bits per heavy atom. The number of thioether (sulfide) groups is 1. The fourth-order valence-electron chi connectivity index (χ4n) is 0.814. The fourth-order valence-corrected chi connectivity index (χ4v) is 1.55. The van der Waals surface area contributed by atoms with Crippen molar-refractivity contribution < 1.29 is 0 Å². The molecule has 0 saturated carbocycles. The van der Waals surface area contributed by atoms with E-state index >= 15 is 0 Å². The second-order valence-corrected chi connectivity index (χ2v) is 4.15.